The second-order valence-corrected chi connectivity index (χ2v) is 9.29. The number of carbonyl (C=O) groups is 2. The van der Waals surface area contributed by atoms with Crippen molar-refractivity contribution in [2.75, 3.05) is 25.5 Å². The summed E-state index contributed by atoms with van der Waals surface area (Å²) in [4.78, 5) is 24.9. The second kappa shape index (κ2) is 9.93. The molecule has 2 aromatic carbocycles. The predicted octanol–water partition coefficient (Wildman–Crippen LogP) is 2.63. The first kappa shape index (κ1) is 22.8. The smallest absolute Gasteiger partial charge is 0.251 e. The molecule has 8 nitrogen and oxygen atoms in total. The molecule has 2 aromatic rings. The Hall–Kier alpha value is -2.91. The Morgan fingerprint density at radius 2 is 1.71 bits per heavy atom. The number of rotatable bonds is 7. The Morgan fingerprint density at radius 3 is 2.35 bits per heavy atom. The standard InChI is InChI=1S/C22H27N3O5S/c1-16(23-22(27)17-9-5-3-6-10-17)21(26)24-18-11-12-19(30-2)20(15-18)31(28,29)25-13-7-4-8-14-25/h3,5-6,9-12,15-16H,4,7-8,13-14H2,1-2H3,(H,23,27)(H,24,26). The minimum atomic E-state index is -3.75. The van der Waals surface area contributed by atoms with Crippen LogP contribution in [0.5, 0.6) is 5.75 Å². The van der Waals surface area contributed by atoms with E-state index in [9.17, 15) is 18.0 Å². The van der Waals surface area contributed by atoms with Gasteiger partial charge in [-0.15, -0.1) is 0 Å². The summed E-state index contributed by atoms with van der Waals surface area (Å²) in [5.74, 6) is -0.615. The normalized spacial score (nSPS) is 15.7. The highest BCUT2D eigenvalue weighted by Crippen LogP contribution is 2.31. The lowest BCUT2D eigenvalue weighted by molar-refractivity contribution is -0.117. The lowest BCUT2D eigenvalue weighted by Gasteiger charge is -2.26. The molecule has 3 rings (SSSR count). The van der Waals surface area contributed by atoms with Gasteiger partial charge in [0.15, 0.2) is 0 Å². The van der Waals surface area contributed by atoms with Crippen molar-refractivity contribution >= 4 is 27.5 Å². The lowest BCUT2D eigenvalue weighted by Crippen LogP contribution is -2.41. The highest BCUT2D eigenvalue weighted by atomic mass is 32.2. The monoisotopic (exact) mass is 445 g/mol. The van der Waals surface area contributed by atoms with Crippen LogP contribution >= 0.6 is 0 Å². The number of nitrogens with one attached hydrogen (secondary N) is 2. The fourth-order valence-electron chi connectivity index (χ4n) is 3.39. The summed E-state index contributed by atoms with van der Waals surface area (Å²) in [6.45, 7) is 2.49. The summed E-state index contributed by atoms with van der Waals surface area (Å²) >= 11 is 0. The Labute approximate surface area is 182 Å². The average molecular weight is 446 g/mol. The number of ether oxygens (including phenoxy) is 1. The van der Waals surface area contributed by atoms with Crippen molar-refractivity contribution < 1.29 is 22.7 Å². The van der Waals surface area contributed by atoms with Gasteiger partial charge in [0.25, 0.3) is 5.91 Å². The molecule has 31 heavy (non-hydrogen) atoms. The topological polar surface area (TPSA) is 105 Å². The maximum Gasteiger partial charge on any atom is 0.251 e. The third-order valence-corrected chi connectivity index (χ3v) is 7.06. The van der Waals surface area contributed by atoms with E-state index in [2.05, 4.69) is 10.6 Å². The van der Waals surface area contributed by atoms with Crippen LogP contribution in [0, 0.1) is 0 Å². The first-order valence-electron chi connectivity index (χ1n) is 10.2. The number of methoxy groups -OCH3 is 1. The Bertz CT molecular complexity index is 1030. The van der Waals surface area contributed by atoms with Crippen molar-refractivity contribution in [2.24, 2.45) is 0 Å². The third kappa shape index (κ3) is 5.42. The summed E-state index contributed by atoms with van der Waals surface area (Å²) in [6, 6.07) is 12.2. The lowest BCUT2D eigenvalue weighted by atomic mass is 10.2. The first-order valence-corrected chi connectivity index (χ1v) is 11.6. The van der Waals surface area contributed by atoms with Crippen LogP contribution in [-0.2, 0) is 14.8 Å². The van der Waals surface area contributed by atoms with Crippen LogP contribution in [0.3, 0.4) is 0 Å². The average Bonchev–Trinajstić information content (AvgIpc) is 2.80. The van der Waals surface area contributed by atoms with Crippen molar-refractivity contribution in [1.82, 2.24) is 9.62 Å². The van der Waals surface area contributed by atoms with Gasteiger partial charge < -0.3 is 15.4 Å². The molecule has 1 aliphatic heterocycles. The zero-order chi connectivity index (χ0) is 22.4. The molecule has 1 atom stereocenters. The van der Waals surface area contributed by atoms with Crippen LogP contribution in [0.25, 0.3) is 0 Å². The molecule has 1 aliphatic rings. The summed E-state index contributed by atoms with van der Waals surface area (Å²) in [5, 5.41) is 5.31. The van der Waals surface area contributed by atoms with Crippen LogP contribution in [0.1, 0.15) is 36.5 Å². The minimum absolute atomic E-state index is 0.00988. The number of piperidine rings is 1. The number of anilines is 1. The van der Waals surface area contributed by atoms with Crippen molar-refractivity contribution in [3.05, 3.63) is 54.1 Å². The van der Waals surface area contributed by atoms with E-state index < -0.39 is 22.0 Å². The number of benzene rings is 2. The van der Waals surface area contributed by atoms with E-state index in [1.807, 2.05) is 0 Å². The molecule has 0 aromatic heterocycles. The molecule has 0 aliphatic carbocycles. The molecule has 9 heteroatoms. The van der Waals surface area contributed by atoms with Gasteiger partial charge in [-0.2, -0.15) is 4.31 Å². The number of hydrogen-bond donors (Lipinski definition) is 2. The highest BCUT2D eigenvalue weighted by molar-refractivity contribution is 7.89. The molecular weight excluding hydrogens is 418 g/mol. The molecule has 2 N–H and O–H groups in total. The maximum absolute atomic E-state index is 13.1. The summed E-state index contributed by atoms with van der Waals surface area (Å²) in [5.41, 5.74) is 0.753. The summed E-state index contributed by atoms with van der Waals surface area (Å²) in [6.07, 6.45) is 2.64. The van der Waals surface area contributed by atoms with E-state index in [1.54, 1.807) is 43.3 Å². The van der Waals surface area contributed by atoms with Gasteiger partial charge >= 0.3 is 0 Å². The van der Waals surface area contributed by atoms with Gasteiger partial charge in [-0.25, -0.2) is 8.42 Å². The number of nitrogens with zero attached hydrogens (tertiary/aromatic N) is 1. The van der Waals surface area contributed by atoms with Crippen LogP contribution in [0.2, 0.25) is 0 Å². The molecule has 1 saturated heterocycles. The minimum Gasteiger partial charge on any atom is -0.495 e. The first-order chi connectivity index (χ1) is 14.8. The molecule has 1 heterocycles. The Kier molecular flexibility index (Phi) is 7.29. The van der Waals surface area contributed by atoms with Crippen LogP contribution in [0.15, 0.2) is 53.4 Å². The third-order valence-electron chi connectivity index (χ3n) is 5.14. The molecule has 0 radical (unpaired) electrons. The highest BCUT2D eigenvalue weighted by Gasteiger charge is 2.29. The summed E-state index contributed by atoms with van der Waals surface area (Å²) < 4.78 is 32.9. The van der Waals surface area contributed by atoms with Crippen LogP contribution in [0.4, 0.5) is 5.69 Å². The molecule has 166 valence electrons. The zero-order valence-corrected chi connectivity index (χ0v) is 18.4. The number of amides is 2. The molecular formula is C22H27N3O5S. The molecule has 0 bridgehead atoms. The number of carbonyl (C=O) groups excluding carboxylic acids is 2. The van der Waals surface area contributed by atoms with Gasteiger partial charge in [0.1, 0.15) is 16.7 Å². The summed E-state index contributed by atoms with van der Waals surface area (Å²) in [7, 11) is -2.34. The van der Waals surface area contributed by atoms with Gasteiger partial charge in [-0.05, 0) is 50.1 Å². The van der Waals surface area contributed by atoms with E-state index in [1.165, 1.54) is 23.5 Å². The van der Waals surface area contributed by atoms with Gasteiger partial charge in [0.05, 0.1) is 7.11 Å². The Balaban J connectivity index is 1.75. The quantitative estimate of drug-likeness (QED) is 0.682. The number of hydrogen-bond acceptors (Lipinski definition) is 5. The van der Waals surface area contributed by atoms with Crippen molar-refractivity contribution in [3.8, 4) is 5.75 Å². The van der Waals surface area contributed by atoms with Crippen molar-refractivity contribution in [1.29, 1.82) is 0 Å². The van der Waals surface area contributed by atoms with E-state index in [0.29, 0.717) is 24.3 Å². The largest absolute Gasteiger partial charge is 0.495 e. The molecule has 0 spiro atoms. The van der Waals surface area contributed by atoms with E-state index in [0.717, 1.165) is 19.3 Å². The number of sulfonamides is 1. The van der Waals surface area contributed by atoms with Crippen molar-refractivity contribution in [3.63, 3.8) is 0 Å². The van der Waals surface area contributed by atoms with Gasteiger partial charge in [0, 0.05) is 24.3 Å². The molecule has 1 fully saturated rings. The van der Waals surface area contributed by atoms with Gasteiger partial charge in [-0.1, -0.05) is 24.6 Å². The van der Waals surface area contributed by atoms with Crippen LogP contribution in [-0.4, -0.2) is 50.8 Å². The molecule has 0 saturated carbocycles. The molecule has 2 amide bonds. The fraction of sp³-hybridized carbons (Fsp3) is 0.364. The van der Waals surface area contributed by atoms with Crippen molar-refractivity contribution in [2.45, 2.75) is 37.1 Å². The predicted molar refractivity (Wildman–Crippen MR) is 118 cm³/mol. The van der Waals surface area contributed by atoms with E-state index in [4.69, 9.17) is 4.74 Å². The zero-order valence-electron chi connectivity index (χ0n) is 17.6. The second-order valence-electron chi connectivity index (χ2n) is 7.38. The fourth-order valence-corrected chi connectivity index (χ4v) is 5.08. The van der Waals surface area contributed by atoms with Gasteiger partial charge in [0.2, 0.25) is 15.9 Å². The maximum atomic E-state index is 13.1. The van der Waals surface area contributed by atoms with E-state index in [-0.39, 0.29) is 16.6 Å². The van der Waals surface area contributed by atoms with E-state index >= 15 is 0 Å². The Morgan fingerprint density at radius 1 is 1.03 bits per heavy atom. The SMILES string of the molecule is COc1ccc(NC(=O)C(C)NC(=O)c2ccccc2)cc1S(=O)(=O)N1CCCCC1. The van der Waals surface area contributed by atoms with Crippen LogP contribution < -0.4 is 15.4 Å². The van der Waals surface area contributed by atoms with Gasteiger partial charge in [-0.3, -0.25) is 9.59 Å². The molecule has 1 unspecified atom stereocenters.